The predicted molar refractivity (Wildman–Crippen MR) is 101 cm³/mol. The summed E-state index contributed by atoms with van der Waals surface area (Å²) in [4.78, 5) is 14.9. The molecule has 0 aliphatic heterocycles. The van der Waals surface area contributed by atoms with Gasteiger partial charge in [-0.05, 0) is 32.9 Å². The normalized spacial score (nSPS) is 12.6. The van der Waals surface area contributed by atoms with Crippen molar-refractivity contribution in [3.63, 3.8) is 0 Å². The maximum Gasteiger partial charge on any atom is 0.271 e. The first-order valence-electron chi connectivity index (χ1n) is 9.20. The highest BCUT2D eigenvalue weighted by Gasteiger charge is 2.18. The molecule has 0 aliphatic rings. The number of aromatic nitrogens is 2. The zero-order valence-corrected chi connectivity index (χ0v) is 16.4. The van der Waals surface area contributed by atoms with Crippen molar-refractivity contribution >= 4 is 17.5 Å². The summed E-state index contributed by atoms with van der Waals surface area (Å²) in [6, 6.07) is 0.0757. The van der Waals surface area contributed by atoms with Gasteiger partial charge in [0, 0.05) is 19.6 Å². The first-order valence-corrected chi connectivity index (χ1v) is 9.58. The van der Waals surface area contributed by atoms with Gasteiger partial charge in [0.15, 0.2) is 0 Å². The van der Waals surface area contributed by atoms with Gasteiger partial charge < -0.3 is 10.2 Å². The monoisotopic (exact) mass is 356 g/mol. The van der Waals surface area contributed by atoms with Crippen LogP contribution in [-0.2, 0) is 7.05 Å². The zero-order chi connectivity index (χ0) is 17.9. The van der Waals surface area contributed by atoms with E-state index in [9.17, 15) is 4.79 Å². The van der Waals surface area contributed by atoms with Crippen LogP contribution in [0.3, 0.4) is 0 Å². The van der Waals surface area contributed by atoms with E-state index in [4.69, 9.17) is 11.6 Å². The number of rotatable bonds is 12. The van der Waals surface area contributed by atoms with E-state index >= 15 is 0 Å². The summed E-state index contributed by atoms with van der Waals surface area (Å²) < 4.78 is 1.52. The van der Waals surface area contributed by atoms with Crippen LogP contribution in [-0.4, -0.2) is 46.3 Å². The molecule has 6 heteroatoms. The van der Waals surface area contributed by atoms with Crippen LogP contribution in [0.4, 0.5) is 0 Å². The van der Waals surface area contributed by atoms with Gasteiger partial charge in [-0.2, -0.15) is 5.10 Å². The number of halogens is 1. The van der Waals surface area contributed by atoms with Crippen molar-refractivity contribution in [2.45, 2.75) is 65.3 Å². The summed E-state index contributed by atoms with van der Waals surface area (Å²) in [6.07, 6.45) is 8.92. The number of nitrogens with zero attached hydrogens (tertiary/aromatic N) is 3. The second-order valence-corrected chi connectivity index (χ2v) is 6.96. The Hall–Kier alpha value is -1.07. The van der Waals surface area contributed by atoms with Gasteiger partial charge >= 0.3 is 0 Å². The molecule has 0 fully saturated rings. The summed E-state index contributed by atoms with van der Waals surface area (Å²) in [5.74, 6) is -0.158. The van der Waals surface area contributed by atoms with Crippen LogP contribution in [0.2, 0.25) is 5.02 Å². The lowest BCUT2D eigenvalue weighted by Gasteiger charge is -2.26. The van der Waals surface area contributed by atoms with E-state index in [1.807, 2.05) is 0 Å². The van der Waals surface area contributed by atoms with E-state index in [-0.39, 0.29) is 11.9 Å². The predicted octanol–water partition coefficient (Wildman–Crippen LogP) is 3.87. The Morgan fingerprint density at radius 3 is 2.29 bits per heavy atom. The van der Waals surface area contributed by atoms with Crippen molar-refractivity contribution in [1.82, 2.24) is 20.0 Å². The van der Waals surface area contributed by atoms with E-state index in [0.29, 0.717) is 10.7 Å². The van der Waals surface area contributed by atoms with Crippen LogP contribution < -0.4 is 5.32 Å². The van der Waals surface area contributed by atoms with Gasteiger partial charge in [0.1, 0.15) is 5.69 Å². The number of hydrogen-bond acceptors (Lipinski definition) is 3. The largest absolute Gasteiger partial charge is 0.347 e. The molecule has 0 saturated heterocycles. The molecule has 0 radical (unpaired) electrons. The Balaban J connectivity index is 2.52. The molecule has 0 spiro atoms. The molecule has 1 aromatic rings. The molecule has 1 rings (SSSR count). The summed E-state index contributed by atoms with van der Waals surface area (Å²) >= 11 is 6.04. The fourth-order valence-electron chi connectivity index (χ4n) is 2.86. The molecule has 1 unspecified atom stereocenters. The Bertz CT molecular complexity index is 460. The van der Waals surface area contributed by atoms with Crippen LogP contribution >= 0.6 is 11.6 Å². The van der Waals surface area contributed by atoms with E-state index in [1.165, 1.54) is 49.4 Å². The minimum absolute atomic E-state index is 0.0757. The smallest absolute Gasteiger partial charge is 0.271 e. The van der Waals surface area contributed by atoms with E-state index < -0.39 is 0 Å². The Labute approximate surface area is 151 Å². The van der Waals surface area contributed by atoms with Crippen LogP contribution in [0.15, 0.2) is 6.20 Å². The molecule has 24 heavy (non-hydrogen) atoms. The summed E-state index contributed by atoms with van der Waals surface area (Å²) in [7, 11) is 1.73. The standard InChI is InChI=1S/C18H33ClN4O/c1-5-7-9-11-23(12-10-8-6-2)14-15(3)21-18(24)17-16(19)13-20-22(17)4/h13,15H,5-12,14H2,1-4H3,(H,21,24). The summed E-state index contributed by atoms with van der Waals surface area (Å²) in [6.45, 7) is 9.57. The number of hydrogen-bond donors (Lipinski definition) is 1. The average molecular weight is 357 g/mol. The van der Waals surface area contributed by atoms with Gasteiger partial charge in [0.25, 0.3) is 5.91 Å². The van der Waals surface area contributed by atoms with Gasteiger partial charge in [0.05, 0.1) is 11.2 Å². The van der Waals surface area contributed by atoms with Gasteiger partial charge in [-0.25, -0.2) is 0 Å². The van der Waals surface area contributed by atoms with Crippen molar-refractivity contribution in [3.05, 3.63) is 16.9 Å². The maximum absolute atomic E-state index is 12.4. The minimum atomic E-state index is -0.158. The molecule has 1 atom stereocenters. The number of aryl methyl sites for hydroxylation is 1. The first kappa shape index (κ1) is 21.0. The third-order valence-electron chi connectivity index (χ3n) is 4.17. The Kier molecular flexibility index (Phi) is 10.0. The van der Waals surface area contributed by atoms with Crippen LogP contribution in [0, 0.1) is 0 Å². The third kappa shape index (κ3) is 7.22. The molecule has 1 N–H and O–H groups in total. The Morgan fingerprint density at radius 1 is 1.25 bits per heavy atom. The lowest BCUT2D eigenvalue weighted by Crippen LogP contribution is -2.43. The molecule has 1 aromatic heterocycles. The highest BCUT2D eigenvalue weighted by atomic mass is 35.5. The van der Waals surface area contributed by atoms with Gasteiger partial charge in [-0.3, -0.25) is 9.48 Å². The highest BCUT2D eigenvalue weighted by Crippen LogP contribution is 2.14. The average Bonchev–Trinajstić information content (AvgIpc) is 2.86. The second-order valence-electron chi connectivity index (χ2n) is 6.55. The fraction of sp³-hybridized carbons (Fsp3) is 0.778. The molecular weight excluding hydrogens is 324 g/mol. The first-order chi connectivity index (χ1) is 11.5. The van der Waals surface area contributed by atoms with Crippen LogP contribution in [0.5, 0.6) is 0 Å². The van der Waals surface area contributed by atoms with E-state index in [0.717, 1.165) is 19.6 Å². The molecule has 0 bridgehead atoms. The molecule has 138 valence electrons. The van der Waals surface area contributed by atoms with E-state index in [2.05, 4.69) is 36.1 Å². The highest BCUT2D eigenvalue weighted by molar-refractivity contribution is 6.33. The molecule has 1 amide bonds. The third-order valence-corrected chi connectivity index (χ3v) is 4.45. The van der Waals surface area contributed by atoms with E-state index in [1.54, 1.807) is 7.05 Å². The number of amides is 1. The quantitative estimate of drug-likeness (QED) is 0.578. The summed E-state index contributed by atoms with van der Waals surface area (Å²) in [5.41, 5.74) is 0.423. The van der Waals surface area contributed by atoms with Crippen LogP contribution in [0.25, 0.3) is 0 Å². The van der Waals surface area contributed by atoms with Gasteiger partial charge in [-0.1, -0.05) is 51.1 Å². The van der Waals surface area contributed by atoms with Crippen molar-refractivity contribution < 1.29 is 4.79 Å². The molecule has 1 heterocycles. The lowest BCUT2D eigenvalue weighted by molar-refractivity contribution is 0.0919. The number of nitrogens with one attached hydrogen (secondary N) is 1. The molecule has 0 aromatic carbocycles. The SMILES string of the molecule is CCCCCN(CCCCC)CC(C)NC(=O)c1c(Cl)cnn1C. The molecule has 5 nitrogen and oxygen atoms in total. The van der Waals surface area contributed by atoms with Gasteiger partial charge in [0.2, 0.25) is 0 Å². The van der Waals surface area contributed by atoms with Crippen molar-refractivity contribution in [3.8, 4) is 0 Å². The number of unbranched alkanes of at least 4 members (excludes halogenated alkanes) is 4. The summed E-state index contributed by atoms with van der Waals surface area (Å²) in [5, 5.41) is 7.46. The lowest BCUT2D eigenvalue weighted by atomic mass is 10.2. The number of carbonyl (C=O) groups excluding carboxylic acids is 1. The van der Waals surface area contributed by atoms with Gasteiger partial charge in [-0.15, -0.1) is 0 Å². The molecule has 0 aliphatic carbocycles. The number of carbonyl (C=O) groups is 1. The fourth-order valence-corrected chi connectivity index (χ4v) is 3.11. The second kappa shape index (κ2) is 11.5. The zero-order valence-electron chi connectivity index (χ0n) is 15.6. The van der Waals surface area contributed by atoms with Crippen molar-refractivity contribution in [1.29, 1.82) is 0 Å². The van der Waals surface area contributed by atoms with Crippen molar-refractivity contribution in [2.75, 3.05) is 19.6 Å². The molecule has 0 saturated carbocycles. The van der Waals surface area contributed by atoms with Crippen molar-refractivity contribution in [2.24, 2.45) is 7.05 Å². The Morgan fingerprint density at radius 2 is 1.83 bits per heavy atom. The maximum atomic E-state index is 12.4. The topological polar surface area (TPSA) is 50.2 Å². The minimum Gasteiger partial charge on any atom is -0.347 e. The molecular formula is C18H33ClN4O. The van der Waals surface area contributed by atoms with Crippen LogP contribution in [0.1, 0.15) is 69.8 Å².